The largest absolute Gasteiger partial charge is 0.492 e. The number of nitrogens with two attached hydrogens (primary N) is 1. The zero-order chi connectivity index (χ0) is 15.8. The Hall–Kier alpha value is -2.24. The number of carbonyl (C=O) groups is 2. The van der Waals surface area contributed by atoms with E-state index < -0.39 is 5.97 Å². The summed E-state index contributed by atoms with van der Waals surface area (Å²) in [7, 11) is 0. The highest BCUT2D eigenvalue weighted by molar-refractivity contribution is 5.91. The average molecular weight is 294 g/mol. The molecule has 0 aliphatic carbocycles. The number of carbonyl (C=O) groups excluding carboxylic acids is 2. The van der Waals surface area contributed by atoms with Gasteiger partial charge in [-0.2, -0.15) is 0 Å². The van der Waals surface area contributed by atoms with Crippen LogP contribution in [0.15, 0.2) is 18.2 Å². The Balaban J connectivity index is 2.49. The maximum atomic E-state index is 11.8. The Labute approximate surface area is 124 Å². The molecule has 6 nitrogen and oxygen atoms in total. The first kappa shape index (κ1) is 16.8. The first-order valence-corrected chi connectivity index (χ1v) is 6.92. The van der Waals surface area contributed by atoms with Crippen molar-refractivity contribution in [3.8, 4) is 5.75 Å². The van der Waals surface area contributed by atoms with Crippen LogP contribution in [0.5, 0.6) is 5.75 Å². The van der Waals surface area contributed by atoms with E-state index in [-0.39, 0.29) is 25.0 Å². The summed E-state index contributed by atoms with van der Waals surface area (Å²) in [5, 5.41) is 2.72. The zero-order valence-corrected chi connectivity index (χ0v) is 12.6. The Bertz CT molecular complexity index is 500. The molecule has 116 valence electrons. The van der Waals surface area contributed by atoms with Crippen LogP contribution in [0.25, 0.3) is 0 Å². The number of amides is 1. The minimum Gasteiger partial charge on any atom is -0.492 e. The van der Waals surface area contributed by atoms with E-state index in [1.54, 1.807) is 12.1 Å². The van der Waals surface area contributed by atoms with E-state index in [1.807, 2.05) is 20.8 Å². The van der Waals surface area contributed by atoms with E-state index in [9.17, 15) is 9.59 Å². The molecule has 0 aliphatic heterocycles. The van der Waals surface area contributed by atoms with E-state index in [1.165, 1.54) is 6.07 Å². The van der Waals surface area contributed by atoms with Crippen molar-refractivity contribution in [1.29, 1.82) is 0 Å². The van der Waals surface area contributed by atoms with Crippen molar-refractivity contribution in [3.05, 3.63) is 23.8 Å². The van der Waals surface area contributed by atoms with Crippen LogP contribution in [0.1, 0.15) is 37.6 Å². The minimum atomic E-state index is -0.512. The number of benzene rings is 1. The maximum Gasteiger partial charge on any atom is 0.338 e. The van der Waals surface area contributed by atoms with Crippen molar-refractivity contribution in [3.63, 3.8) is 0 Å². The van der Waals surface area contributed by atoms with Crippen molar-refractivity contribution >= 4 is 17.6 Å². The fourth-order valence-electron chi connectivity index (χ4n) is 1.68. The number of nitrogens with one attached hydrogen (secondary N) is 1. The molecule has 1 aromatic carbocycles. The topological polar surface area (TPSA) is 90.6 Å². The highest BCUT2D eigenvalue weighted by Crippen LogP contribution is 2.22. The van der Waals surface area contributed by atoms with Gasteiger partial charge in [0.2, 0.25) is 5.91 Å². The van der Waals surface area contributed by atoms with Crippen molar-refractivity contribution in [2.24, 2.45) is 0 Å². The maximum absolute atomic E-state index is 11.8. The van der Waals surface area contributed by atoms with Crippen molar-refractivity contribution in [1.82, 2.24) is 5.32 Å². The summed E-state index contributed by atoms with van der Waals surface area (Å²) in [6, 6.07) is 4.78. The van der Waals surface area contributed by atoms with Gasteiger partial charge in [0.1, 0.15) is 12.4 Å². The molecule has 1 rings (SSSR count). The smallest absolute Gasteiger partial charge is 0.338 e. The van der Waals surface area contributed by atoms with Gasteiger partial charge in [-0.3, -0.25) is 4.79 Å². The molecule has 1 aromatic rings. The molecule has 0 unspecified atom stereocenters. The SMILES string of the molecule is CCOc1ccc(C(=O)OCCC(=O)NC(C)C)cc1N. The molecule has 21 heavy (non-hydrogen) atoms. The van der Waals surface area contributed by atoms with Crippen molar-refractivity contribution < 1.29 is 19.1 Å². The molecule has 0 spiro atoms. The zero-order valence-electron chi connectivity index (χ0n) is 12.6. The number of rotatable bonds is 7. The summed E-state index contributed by atoms with van der Waals surface area (Å²) in [5.74, 6) is -0.128. The molecule has 6 heteroatoms. The van der Waals surface area contributed by atoms with Crippen molar-refractivity contribution in [2.75, 3.05) is 18.9 Å². The number of ether oxygens (including phenoxy) is 2. The van der Waals surface area contributed by atoms with Gasteiger partial charge >= 0.3 is 5.97 Å². The van der Waals surface area contributed by atoms with Gasteiger partial charge in [0, 0.05) is 6.04 Å². The predicted molar refractivity (Wildman–Crippen MR) is 80.2 cm³/mol. The second kappa shape index (κ2) is 8.14. The lowest BCUT2D eigenvalue weighted by Gasteiger charge is -2.10. The Kier molecular flexibility index (Phi) is 6.52. The Morgan fingerprint density at radius 2 is 2.05 bits per heavy atom. The molecule has 0 saturated heterocycles. The summed E-state index contributed by atoms with van der Waals surface area (Å²) in [6.07, 6.45) is 0.135. The van der Waals surface area contributed by atoms with E-state index >= 15 is 0 Å². The van der Waals surface area contributed by atoms with Gasteiger partial charge in [0.05, 0.1) is 24.3 Å². The summed E-state index contributed by atoms with van der Waals surface area (Å²) in [6.45, 7) is 6.12. The molecule has 0 bridgehead atoms. The average Bonchev–Trinajstić information content (AvgIpc) is 2.40. The van der Waals surface area contributed by atoms with Gasteiger partial charge in [0.25, 0.3) is 0 Å². The molecule has 0 aromatic heterocycles. The normalized spacial score (nSPS) is 10.3. The lowest BCUT2D eigenvalue weighted by Crippen LogP contribution is -2.31. The number of hydrogen-bond donors (Lipinski definition) is 2. The predicted octanol–water partition coefficient (Wildman–Crippen LogP) is 1.74. The third-order valence-electron chi connectivity index (χ3n) is 2.56. The van der Waals surface area contributed by atoms with E-state index in [0.29, 0.717) is 23.6 Å². The van der Waals surface area contributed by atoms with Gasteiger partial charge in [-0.05, 0) is 39.0 Å². The third-order valence-corrected chi connectivity index (χ3v) is 2.56. The van der Waals surface area contributed by atoms with Gasteiger partial charge in [-0.1, -0.05) is 0 Å². The van der Waals surface area contributed by atoms with Crippen LogP contribution < -0.4 is 15.8 Å². The lowest BCUT2D eigenvalue weighted by molar-refractivity contribution is -0.122. The first-order chi connectivity index (χ1) is 9.93. The molecule has 1 amide bonds. The van der Waals surface area contributed by atoms with Gasteiger partial charge in [-0.15, -0.1) is 0 Å². The highest BCUT2D eigenvalue weighted by atomic mass is 16.5. The van der Waals surface area contributed by atoms with Crippen LogP contribution in [0.3, 0.4) is 0 Å². The van der Waals surface area contributed by atoms with Crippen LogP contribution in [0.2, 0.25) is 0 Å². The van der Waals surface area contributed by atoms with Crippen molar-refractivity contribution in [2.45, 2.75) is 33.2 Å². The second-order valence-electron chi connectivity index (χ2n) is 4.79. The van der Waals surface area contributed by atoms with Crippen LogP contribution in [0.4, 0.5) is 5.69 Å². The van der Waals surface area contributed by atoms with Crippen LogP contribution >= 0.6 is 0 Å². The molecular weight excluding hydrogens is 272 g/mol. The van der Waals surface area contributed by atoms with Gasteiger partial charge in [-0.25, -0.2) is 4.79 Å². The number of hydrogen-bond acceptors (Lipinski definition) is 5. The summed E-state index contributed by atoms with van der Waals surface area (Å²) >= 11 is 0. The number of nitrogen functional groups attached to an aromatic ring is 1. The first-order valence-electron chi connectivity index (χ1n) is 6.92. The van der Waals surface area contributed by atoms with Crippen LogP contribution in [0, 0.1) is 0 Å². The summed E-state index contributed by atoms with van der Waals surface area (Å²) in [5.41, 5.74) is 6.49. The summed E-state index contributed by atoms with van der Waals surface area (Å²) < 4.78 is 10.3. The molecule has 0 aliphatic rings. The standard InChI is InChI=1S/C15H22N2O4/c1-4-20-13-6-5-11(9-12(13)16)15(19)21-8-7-14(18)17-10(2)3/h5-6,9-10H,4,7-8,16H2,1-3H3,(H,17,18). The molecule has 0 fully saturated rings. The molecule has 3 N–H and O–H groups in total. The molecule has 0 saturated carbocycles. The second-order valence-corrected chi connectivity index (χ2v) is 4.79. The summed E-state index contributed by atoms with van der Waals surface area (Å²) in [4.78, 5) is 23.2. The fraction of sp³-hybridized carbons (Fsp3) is 0.467. The van der Waals surface area contributed by atoms with Gasteiger partial charge < -0.3 is 20.5 Å². The highest BCUT2D eigenvalue weighted by Gasteiger charge is 2.11. The number of anilines is 1. The van der Waals surface area contributed by atoms with E-state index in [4.69, 9.17) is 15.2 Å². The fourth-order valence-corrected chi connectivity index (χ4v) is 1.68. The Morgan fingerprint density at radius 1 is 1.33 bits per heavy atom. The van der Waals surface area contributed by atoms with Gasteiger partial charge in [0.15, 0.2) is 0 Å². The Morgan fingerprint density at radius 3 is 2.62 bits per heavy atom. The van der Waals surface area contributed by atoms with Crippen LogP contribution in [-0.2, 0) is 9.53 Å². The van der Waals surface area contributed by atoms with Crippen LogP contribution in [-0.4, -0.2) is 31.1 Å². The van der Waals surface area contributed by atoms with E-state index in [0.717, 1.165) is 0 Å². The molecular formula is C15H22N2O4. The lowest BCUT2D eigenvalue weighted by atomic mass is 10.2. The third kappa shape index (κ3) is 5.72. The molecule has 0 heterocycles. The van der Waals surface area contributed by atoms with E-state index in [2.05, 4.69) is 5.32 Å². The monoisotopic (exact) mass is 294 g/mol. The molecule has 0 radical (unpaired) electrons. The minimum absolute atomic E-state index is 0.0322. The number of esters is 1. The quantitative estimate of drug-likeness (QED) is 0.590. The molecule has 0 atom stereocenters.